The number of carbonyl (C=O) groups excluding carboxylic acids is 1. The first-order valence-corrected chi connectivity index (χ1v) is 6.20. The van der Waals surface area contributed by atoms with Gasteiger partial charge in [-0.05, 0) is 28.1 Å². The Hall–Kier alpha value is -1.76. The van der Waals surface area contributed by atoms with Crippen molar-refractivity contribution < 1.29 is 4.79 Å². The summed E-state index contributed by atoms with van der Waals surface area (Å²) in [5.41, 5.74) is 0.391. The fourth-order valence-corrected chi connectivity index (χ4v) is 1.79. The Morgan fingerprint density at radius 3 is 3.00 bits per heavy atom. The maximum absolute atomic E-state index is 11.8. The highest BCUT2D eigenvalue weighted by molar-refractivity contribution is 9.10. The van der Waals surface area contributed by atoms with E-state index in [0.29, 0.717) is 23.3 Å². The molecule has 0 saturated heterocycles. The van der Waals surface area contributed by atoms with E-state index in [2.05, 4.69) is 36.4 Å². The van der Waals surface area contributed by atoms with Crippen molar-refractivity contribution in [2.24, 2.45) is 7.05 Å². The normalized spacial score (nSPS) is 10.3. The molecule has 0 fully saturated rings. The molecule has 7 heteroatoms. The number of amides is 1. The van der Waals surface area contributed by atoms with Crippen molar-refractivity contribution in [3.8, 4) is 0 Å². The summed E-state index contributed by atoms with van der Waals surface area (Å²) in [6.45, 7) is 0.500. The lowest BCUT2D eigenvalue weighted by Gasteiger charge is -2.04. The van der Waals surface area contributed by atoms with Gasteiger partial charge in [-0.25, -0.2) is 4.98 Å². The molecule has 6 nitrogen and oxygen atoms in total. The minimum atomic E-state index is -0.196. The molecule has 2 rings (SSSR count). The van der Waals surface area contributed by atoms with Crippen LogP contribution in [-0.4, -0.2) is 32.2 Å². The van der Waals surface area contributed by atoms with Crippen LogP contribution in [0.15, 0.2) is 29.1 Å². The van der Waals surface area contributed by atoms with Crippen molar-refractivity contribution in [1.29, 1.82) is 0 Å². The highest BCUT2D eigenvalue weighted by Gasteiger charge is 2.07. The van der Waals surface area contributed by atoms with Crippen molar-refractivity contribution in [2.45, 2.75) is 6.42 Å². The van der Waals surface area contributed by atoms with E-state index in [9.17, 15) is 4.79 Å². The number of nitrogens with zero attached hydrogens (tertiary/aromatic N) is 4. The van der Waals surface area contributed by atoms with Gasteiger partial charge in [-0.15, -0.1) is 10.2 Å². The molecule has 0 aromatic carbocycles. The largest absolute Gasteiger partial charge is 0.350 e. The quantitative estimate of drug-likeness (QED) is 0.853. The molecule has 0 aliphatic rings. The van der Waals surface area contributed by atoms with Crippen molar-refractivity contribution in [1.82, 2.24) is 25.1 Å². The first-order valence-electron chi connectivity index (χ1n) is 5.40. The third kappa shape index (κ3) is 3.13. The zero-order valence-corrected chi connectivity index (χ0v) is 11.4. The molecule has 0 unspecified atom stereocenters. The van der Waals surface area contributed by atoms with Crippen molar-refractivity contribution in [3.63, 3.8) is 0 Å². The molecule has 1 N–H and O–H groups in total. The standard InChI is InChI=1S/C11H12BrN5O/c1-17-7-14-16-10(17)5-6-13-11(18)8-3-2-4-9(12)15-8/h2-4,7H,5-6H2,1H3,(H,13,18). The molecular weight excluding hydrogens is 298 g/mol. The lowest BCUT2D eigenvalue weighted by atomic mass is 10.3. The van der Waals surface area contributed by atoms with Crippen LogP contribution >= 0.6 is 15.9 Å². The second-order valence-corrected chi connectivity index (χ2v) is 4.52. The second-order valence-electron chi connectivity index (χ2n) is 3.71. The minimum absolute atomic E-state index is 0.196. The summed E-state index contributed by atoms with van der Waals surface area (Å²) in [5.74, 6) is 0.635. The number of nitrogens with one attached hydrogen (secondary N) is 1. The number of aryl methyl sites for hydroxylation is 1. The van der Waals surface area contributed by atoms with Crippen LogP contribution in [0.25, 0.3) is 0 Å². The van der Waals surface area contributed by atoms with Gasteiger partial charge in [-0.2, -0.15) is 0 Å². The number of aromatic nitrogens is 4. The van der Waals surface area contributed by atoms with Crippen LogP contribution in [0.1, 0.15) is 16.3 Å². The molecule has 0 saturated carbocycles. The highest BCUT2D eigenvalue weighted by Crippen LogP contribution is 2.05. The number of carbonyl (C=O) groups is 1. The van der Waals surface area contributed by atoms with Gasteiger partial charge in [0.2, 0.25) is 0 Å². The molecule has 2 aromatic rings. The minimum Gasteiger partial charge on any atom is -0.350 e. The van der Waals surface area contributed by atoms with Gasteiger partial charge in [0, 0.05) is 20.0 Å². The van der Waals surface area contributed by atoms with Gasteiger partial charge in [-0.3, -0.25) is 4.79 Å². The molecule has 2 aromatic heterocycles. The first kappa shape index (κ1) is 12.7. The smallest absolute Gasteiger partial charge is 0.269 e. The third-order valence-corrected chi connectivity index (χ3v) is 2.83. The topological polar surface area (TPSA) is 72.7 Å². The van der Waals surface area contributed by atoms with E-state index < -0.39 is 0 Å². The Bertz CT molecular complexity index is 554. The molecule has 1 amide bonds. The van der Waals surface area contributed by atoms with Gasteiger partial charge in [0.25, 0.3) is 5.91 Å². The van der Waals surface area contributed by atoms with Crippen LogP contribution in [0.3, 0.4) is 0 Å². The molecule has 0 aliphatic heterocycles. The summed E-state index contributed by atoms with van der Waals surface area (Å²) in [5, 5.41) is 10.5. The molecule has 0 aliphatic carbocycles. The van der Waals surface area contributed by atoms with E-state index in [1.165, 1.54) is 0 Å². The third-order valence-electron chi connectivity index (χ3n) is 2.39. The van der Waals surface area contributed by atoms with Crippen LogP contribution in [0.5, 0.6) is 0 Å². The number of hydrogen-bond acceptors (Lipinski definition) is 4. The predicted octanol–water partition coefficient (Wildman–Crippen LogP) is 0.945. The fourth-order valence-electron chi connectivity index (χ4n) is 1.45. The molecule has 0 bridgehead atoms. The van der Waals surface area contributed by atoms with E-state index in [-0.39, 0.29) is 5.91 Å². The van der Waals surface area contributed by atoms with E-state index in [0.717, 1.165) is 5.82 Å². The Morgan fingerprint density at radius 2 is 2.33 bits per heavy atom. The van der Waals surface area contributed by atoms with Crippen molar-refractivity contribution in [3.05, 3.63) is 40.6 Å². The molecule has 2 heterocycles. The maximum atomic E-state index is 11.8. The zero-order valence-electron chi connectivity index (χ0n) is 9.80. The van der Waals surface area contributed by atoms with Crippen LogP contribution in [0.4, 0.5) is 0 Å². The SMILES string of the molecule is Cn1cnnc1CCNC(=O)c1cccc(Br)n1. The summed E-state index contributed by atoms with van der Waals surface area (Å²) in [6, 6.07) is 5.22. The van der Waals surface area contributed by atoms with E-state index in [1.807, 2.05) is 11.6 Å². The van der Waals surface area contributed by atoms with Gasteiger partial charge < -0.3 is 9.88 Å². The van der Waals surface area contributed by atoms with Gasteiger partial charge >= 0.3 is 0 Å². The van der Waals surface area contributed by atoms with Crippen molar-refractivity contribution in [2.75, 3.05) is 6.54 Å². The van der Waals surface area contributed by atoms with Gasteiger partial charge in [0.15, 0.2) is 0 Å². The predicted molar refractivity (Wildman–Crippen MR) is 69.0 cm³/mol. The van der Waals surface area contributed by atoms with Gasteiger partial charge in [0.05, 0.1) is 0 Å². The van der Waals surface area contributed by atoms with Gasteiger partial charge in [0.1, 0.15) is 22.4 Å². The van der Waals surface area contributed by atoms with Crippen LogP contribution < -0.4 is 5.32 Å². The number of pyridine rings is 1. The average molecular weight is 310 g/mol. The maximum Gasteiger partial charge on any atom is 0.269 e. The first-order chi connectivity index (χ1) is 8.66. The van der Waals surface area contributed by atoms with Crippen LogP contribution in [0.2, 0.25) is 0 Å². The van der Waals surface area contributed by atoms with E-state index in [4.69, 9.17) is 0 Å². The number of rotatable bonds is 4. The Morgan fingerprint density at radius 1 is 1.50 bits per heavy atom. The lowest BCUT2D eigenvalue weighted by molar-refractivity contribution is 0.0948. The van der Waals surface area contributed by atoms with Crippen LogP contribution in [-0.2, 0) is 13.5 Å². The second kappa shape index (κ2) is 5.72. The molecule has 0 spiro atoms. The Balaban J connectivity index is 1.87. The van der Waals surface area contributed by atoms with E-state index in [1.54, 1.807) is 24.5 Å². The Kier molecular flexibility index (Phi) is 4.03. The molecule has 18 heavy (non-hydrogen) atoms. The number of halogens is 1. The van der Waals surface area contributed by atoms with Crippen molar-refractivity contribution >= 4 is 21.8 Å². The Labute approximate surface area is 113 Å². The highest BCUT2D eigenvalue weighted by atomic mass is 79.9. The summed E-state index contributed by atoms with van der Waals surface area (Å²) in [4.78, 5) is 15.9. The molecule has 0 atom stereocenters. The molecule has 0 radical (unpaired) electrons. The molecule has 94 valence electrons. The summed E-state index contributed by atoms with van der Waals surface area (Å²) < 4.78 is 2.47. The van der Waals surface area contributed by atoms with Crippen LogP contribution in [0, 0.1) is 0 Å². The monoisotopic (exact) mass is 309 g/mol. The summed E-state index contributed by atoms with van der Waals surface area (Å²) >= 11 is 3.23. The lowest BCUT2D eigenvalue weighted by Crippen LogP contribution is -2.27. The number of hydrogen-bond donors (Lipinski definition) is 1. The average Bonchev–Trinajstić information content (AvgIpc) is 2.75. The zero-order chi connectivity index (χ0) is 13.0. The fraction of sp³-hybridized carbons (Fsp3) is 0.273. The molecular formula is C11H12BrN5O. The summed E-state index contributed by atoms with van der Waals surface area (Å²) in [7, 11) is 1.87. The van der Waals surface area contributed by atoms with Gasteiger partial charge in [-0.1, -0.05) is 6.07 Å². The summed E-state index contributed by atoms with van der Waals surface area (Å²) in [6.07, 6.45) is 2.27. The van der Waals surface area contributed by atoms with E-state index >= 15 is 0 Å².